The number of nitrogens with one attached hydrogen (secondary N) is 1. The van der Waals surface area contributed by atoms with Crippen LogP contribution >= 0.6 is 11.3 Å². The van der Waals surface area contributed by atoms with E-state index in [1.54, 1.807) is 7.11 Å². The molecule has 0 aliphatic rings. The van der Waals surface area contributed by atoms with Crippen LogP contribution in [0.25, 0.3) is 11.3 Å². The van der Waals surface area contributed by atoms with Gasteiger partial charge in [-0.05, 0) is 42.7 Å². The Balaban J connectivity index is 1.45. The van der Waals surface area contributed by atoms with E-state index in [1.165, 1.54) is 16.9 Å². The lowest BCUT2D eigenvalue weighted by molar-refractivity contribution is -0.116. The van der Waals surface area contributed by atoms with Crippen molar-refractivity contribution < 1.29 is 14.3 Å². The molecule has 3 rings (SSSR count). The standard InChI is InChI=1S/C22H24N2O3S/c1-3-16-10-12-17(13-11-16)27-14-6-9-21(25)24-22-23-19(15-28-22)18-7-4-5-8-20(18)26-2/h4-5,7-8,10-13,15H,3,6,9,14H2,1-2H3,(H,23,24,25). The second kappa shape index (κ2) is 9.90. The van der Waals surface area contributed by atoms with Gasteiger partial charge in [-0.25, -0.2) is 4.98 Å². The van der Waals surface area contributed by atoms with Gasteiger partial charge >= 0.3 is 0 Å². The number of amides is 1. The number of carbonyl (C=O) groups excluding carboxylic acids is 1. The second-order valence-corrected chi connectivity index (χ2v) is 7.09. The van der Waals surface area contributed by atoms with Crippen molar-refractivity contribution in [1.82, 2.24) is 4.98 Å². The van der Waals surface area contributed by atoms with Crippen LogP contribution < -0.4 is 14.8 Å². The van der Waals surface area contributed by atoms with Crippen molar-refractivity contribution in [2.24, 2.45) is 0 Å². The van der Waals surface area contributed by atoms with Gasteiger partial charge in [0.1, 0.15) is 11.5 Å². The van der Waals surface area contributed by atoms with Crippen molar-refractivity contribution in [1.29, 1.82) is 0 Å². The summed E-state index contributed by atoms with van der Waals surface area (Å²) in [6, 6.07) is 15.7. The van der Waals surface area contributed by atoms with Gasteiger partial charge < -0.3 is 14.8 Å². The molecule has 6 heteroatoms. The lowest BCUT2D eigenvalue weighted by Gasteiger charge is -2.07. The van der Waals surface area contributed by atoms with Crippen molar-refractivity contribution in [3.8, 4) is 22.8 Å². The number of para-hydroxylation sites is 1. The number of thiazole rings is 1. The molecular weight excluding hydrogens is 372 g/mol. The van der Waals surface area contributed by atoms with Gasteiger partial charge in [-0.15, -0.1) is 11.3 Å². The van der Waals surface area contributed by atoms with E-state index in [0.29, 0.717) is 24.6 Å². The summed E-state index contributed by atoms with van der Waals surface area (Å²) in [6.07, 6.45) is 2.04. The molecule has 0 fully saturated rings. The first-order valence-corrected chi connectivity index (χ1v) is 10.2. The summed E-state index contributed by atoms with van der Waals surface area (Å²) in [4.78, 5) is 16.6. The van der Waals surface area contributed by atoms with Crippen molar-refractivity contribution >= 4 is 22.4 Å². The first-order valence-electron chi connectivity index (χ1n) is 9.30. The zero-order valence-electron chi connectivity index (χ0n) is 16.1. The van der Waals surface area contributed by atoms with Crippen LogP contribution in [-0.4, -0.2) is 24.6 Å². The number of hydrogen-bond donors (Lipinski definition) is 1. The number of anilines is 1. The minimum absolute atomic E-state index is 0.0640. The fourth-order valence-electron chi connectivity index (χ4n) is 2.74. The van der Waals surface area contributed by atoms with Gasteiger partial charge in [0.25, 0.3) is 0 Å². The molecule has 1 N–H and O–H groups in total. The molecule has 1 amide bonds. The highest BCUT2D eigenvalue weighted by atomic mass is 32.1. The molecule has 5 nitrogen and oxygen atoms in total. The van der Waals surface area contributed by atoms with E-state index < -0.39 is 0 Å². The van der Waals surface area contributed by atoms with Crippen molar-refractivity contribution in [2.75, 3.05) is 19.0 Å². The Morgan fingerprint density at radius 3 is 2.68 bits per heavy atom. The Kier molecular flexibility index (Phi) is 7.03. The number of benzene rings is 2. The summed E-state index contributed by atoms with van der Waals surface area (Å²) in [5.74, 6) is 1.53. The molecule has 146 valence electrons. The monoisotopic (exact) mass is 396 g/mol. The van der Waals surface area contributed by atoms with Gasteiger partial charge in [0.2, 0.25) is 5.91 Å². The Morgan fingerprint density at radius 2 is 1.93 bits per heavy atom. The predicted molar refractivity (Wildman–Crippen MR) is 113 cm³/mol. The number of methoxy groups -OCH3 is 1. The van der Waals surface area contributed by atoms with Crippen LogP contribution in [-0.2, 0) is 11.2 Å². The van der Waals surface area contributed by atoms with E-state index >= 15 is 0 Å². The fraction of sp³-hybridized carbons (Fsp3) is 0.273. The highest BCUT2D eigenvalue weighted by Gasteiger charge is 2.11. The average Bonchev–Trinajstić information content (AvgIpc) is 3.19. The predicted octanol–water partition coefficient (Wildman–Crippen LogP) is 5.18. The van der Waals surface area contributed by atoms with E-state index in [-0.39, 0.29) is 5.91 Å². The van der Waals surface area contributed by atoms with Crippen molar-refractivity contribution in [3.05, 3.63) is 59.5 Å². The summed E-state index contributed by atoms with van der Waals surface area (Å²) in [7, 11) is 1.63. The molecule has 0 saturated heterocycles. The zero-order valence-corrected chi connectivity index (χ0v) is 16.9. The van der Waals surface area contributed by atoms with Crippen LogP contribution in [0.2, 0.25) is 0 Å². The van der Waals surface area contributed by atoms with E-state index in [2.05, 4.69) is 29.4 Å². The summed E-state index contributed by atoms with van der Waals surface area (Å²) in [5, 5.41) is 5.35. The average molecular weight is 397 g/mol. The zero-order chi connectivity index (χ0) is 19.8. The normalized spacial score (nSPS) is 10.5. The lowest BCUT2D eigenvalue weighted by atomic mass is 10.1. The van der Waals surface area contributed by atoms with Crippen LogP contribution in [0.1, 0.15) is 25.3 Å². The minimum Gasteiger partial charge on any atom is -0.496 e. The van der Waals surface area contributed by atoms with Crippen LogP contribution in [0.3, 0.4) is 0 Å². The molecular formula is C22H24N2O3S. The van der Waals surface area contributed by atoms with Gasteiger partial charge in [-0.1, -0.05) is 31.2 Å². The molecule has 1 aromatic heterocycles. The second-order valence-electron chi connectivity index (χ2n) is 6.24. The molecule has 0 saturated carbocycles. The van der Waals surface area contributed by atoms with Crippen LogP contribution in [0.15, 0.2) is 53.9 Å². The van der Waals surface area contributed by atoms with E-state index in [4.69, 9.17) is 9.47 Å². The maximum absolute atomic E-state index is 12.2. The number of hydrogen-bond acceptors (Lipinski definition) is 5. The number of aromatic nitrogens is 1. The minimum atomic E-state index is -0.0640. The van der Waals surface area contributed by atoms with Gasteiger partial charge in [0.05, 0.1) is 19.4 Å². The van der Waals surface area contributed by atoms with E-state index in [1.807, 2.05) is 41.8 Å². The summed E-state index contributed by atoms with van der Waals surface area (Å²) in [6.45, 7) is 2.62. The molecule has 0 unspecified atom stereocenters. The maximum atomic E-state index is 12.2. The maximum Gasteiger partial charge on any atom is 0.226 e. The number of rotatable bonds is 9. The van der Waals surface area contributed by atoms with Crippen LogP contribution in [0.5, 0.6) is 11.5 Å². The SMILES string of the molecule is CCc1ccc(OCCCC(=O)Nc2nc(-c3ccccc3OC)cs2)cc1. The molecule has 0 spiro atoms. The molecule has 1 heterocycles. The van der Waals surface area contributed by atoms with Gasteiger partial charge in [0, 0.05) is 17.4 Å². The van der Waals surface area contributed by atoms with Gasteiger partial charge in [-0.2, -0.15) is 0 Å². The van der Waals surface area contributed by atoms with E-state index in [9.17, 15) is 4.79 Å². The summed E-state index contributed by atoms with van der Waals surface area (Å²) >= 11 is 1.40. The number of ether oxygens (including phenoxy) is 2. The molecule has 0 bridgehead atoms. The molecule has 0 radical (unpaired) electrons. The largest absolute Gasteiger partial charge is 0.496 e. The first-order chi connectivity index (χ1) is 13.7. The van der Waals surface area contributed by atoms with Crippen LogP contribution in [0, 0.1) is 0 Å². The molecule has 3 aromatic rings. The molecule has 0 atom stereocenters. The summed E-state index contributed by atoms with van der Waals surface area (Å²) in [5.41, 5.74) is 2.98. The Bertz CT molecular complexity index is 906. The van der Waals surface area contributed by atoms with Crippen molar-refractivity contribution in [2.45, 2.75) is 26.2 Å². The van der Waals surface area contributed by atoms with Crippen LogP contribution in [0.4, 0.5) is 5.13 Å². The highest BCUT2D eigenvalue weighted by Crippen LogP contribution is 2.31. The Morgan fingerprint density at radius 1 is 1.14 bits per heavy atom. The van der Waals surface area contributed by atoms with E-state index in [0.717, 1.165) is 29.2 Å². The number of aryl methyl sites for hydroxylation is 1. The molecule has 0 aliphatic carbocycles. The molecule has 0 aliphatic heterocycles. The molecule has 2 aromatic carbocycles. The topological polar surface area (TPSA) is 60.5 Å². The number of nitrogens with zero attached hydrogens (tertiary/aromatic N) is 1. The third-order valence-corrected chi connectivity index (χ3v) is 5.04. The third kappa shape index (κ3) is 5.33. The first kappa shape index (κ1) is 19.9. The van der Waals surface area contributed by atoms with Crippen molar-refractivity contribution in [3.63, 3.8) is 0 Å². The number of carbonyl (C=O) groups is 1. The Hall–Kier alpha value is -2.86. The Labute approximate surface area is 169 Å². The third-order valence-electron chi connectivity index (χ3n) is 4.28. The van der Waals surface area contributed by atoms with Gasteiger partial charge in [0.15, 0.2) is 5.13 Å². The highest BCUT2D eigenvalue weighted by molar-refractivity contribution is 7.14. The molecule has 28 heavy (non-hydrogen) atoms. The van der Waals surface area contributed by atoms with Gasteiger partial charge in [-0.3, -0.25) is 4.79 Å². The quantitative estimate of drug-likeness (QED) is 0.506. The lowest BCUT2D eigenvalue weighted by Crippen LogP contribution is -2.12. The fourth-order valence-corrected chi connectivity index (χ4v) is 3.46. The summed E-state index contributed by atoms with van der Waals surface area (Å²) < 4.78 is 11.1. The smallest absolute Gasteiger partial charge is 0.226 e.